The first-order valence-corrected chi connectivity index (χ1v) is 4.03. The molecule has 0 bridgehead atoms. The number of nitrogens with two attached hydrogens (primary N) is 1. The second-order valence-electron chi connectivity index (χ2n) is 2.16. The van der Waals surface area contributed by atoms with Crippen molar-refractivity contribution >= 4 is 15.9 Å². The third kappa shape index (κ3) is 1.41. The van der Waals surface area contributed by atoms with E-state index in [1.807, 2.05) is 13.0 Å². The van der Waals surface area contributed by atoms with Crippen molar-refractivity contribution in [2.24, 2.45) is 5.73 Å². The molecule has 1 aromatic rings. The van der Waals surface area contributed by atoms with E-state index in [9.17, 15) is 0 Å². The van der Waals surface area contributed by atoms with Crippen LogP contribution in [0.3, 0.4) is 0 Å². The van der Waals surface area contributed by atoms with Crippen LogP contribution in [0.15, 0.2) is 21.4 Å². The molecule has 0 amide bonds. The summed E-state index contributed by atoms with van der Waals surface area (Å²) in [6, 6.07) is 1.98. The molecule has 1 heterocycles. The van der Waals surface area contributed by atoms with E-state index >= 15 is 0 Å². The molecule has 0 fully saturated rings. The van der Waals surface area contributed by atoms with Crippen molar-refractivity contribution in [1.82, 2.24) is 0 Å². The van der Waals surface area contributed by atoms with Crippen LogP contribution in [-0.2, 0) is 0 Å². The zero-order chi connectivity index (χ0) is 7.56. The first kappa shape index (κ1) is 7.82. The first-order valence-electron chi connectivity index (χ1n) is 3.24. The minimum atomic E-state index is 0.0909. The number of furan rings is 1. The Morgan fingerprint density at radius 1 is 1.80 bits per heavy atom. The van der Waals surface area contributed by atoms with Crippen molar-refractivity contribution < 1.29 is 4.42 Å². The van der Waals surface area contributed by atoms with E-state index in [0.29, 0.717) is 0 Å². The highest BCUT2D eigenvalue weighted by molar-refractivity contribution is 9.10. The minimum absolute atomic E-state index is 0.0909. The lowest BCUT2D eigenvalue weighted by atomic mass is 10.1. The molecular weight excluding hydrogens is 194 g/mol. The molecule has 1 unspecified atom stereocenters. The summed E-state index contributed by atoms with van der Waals surface area (Å²) in [4.78, 5) is 0. The molecule has 0 aromatic carbocycles. The van der Waals surface area contributed by atoms with E-state index in [0.717, 1.165) is 16.7 Å². The fourth-order valence-electron chi connectivity index (χ4n) is 0.790. The molecule has 0 saturated carbocycles. The summed E-state index contributed by atoms with van der Waals surface area (Å²) < 4.78 is 5.78. The van der Waals surface area contributed by atoms with Gasteiger partial charge in [0.05, 0.1) is 6.26 Å². The van der Waals surface area contributed by atoms with Crippen LogP contribution >= 0.6 is 15.9 Å². The molecule has 3 heteroatoms. The number of hydrogen-bond donors (Lipinski definition) is 1. The lowest BCUT2D eigenvalue weighted by Crippen LogP contribution is -2.07. The molecule has 0 radical (unpaired) electrons. The molecule has 0 aliphatic carbocycles. The van der Waals surface area contributed by atoms with Crippen LogP contribution in [0.2, 0.25) is 0 Å². The maximum atomic E-state index is 5.75. The molecule has 2 N–H and O–H groups in total. The number of halogens is 1. The SMILES string of the molecule is CCC(N)c1ccoc1Br. The average Bonchev–Trinajstić information content (AvgIpc) is 2.34. The Morgan fingerprint density at radius 2 is 2.50 bits per heavy atom. The smallest absolute Gasteiger partial charge is 0.173 e. The summed E-state index contributed by atoms with van der Waals surface area (Å²) in [5.41, 5.74) is 6.79. The van der Waals surface area contributed by atoms with Gasteiger partial charge in [-0.2, -0.15) is 0 Å². The summed E-state index contributed by atoms with van der Waals surface area (Å²) in [5, 5.41) is 0. The molecule has 1 rings (SSSR count). The van der Waals surface area contributed by atoms with Gasteiger partial charge in [-0.15, -0.1) is 0 Å². The Balaban J connectivity index is 2.82. The van der Waals surface area contributed by atoms with Gasteiger partial charge in [-0.3, -0.25) is 0 Å². The van der Waals surface area contributed by atoms with Gasteiger partial charge in [-0.25, -0.2) is 0 Å². The monoisotopic (exact) mass is 203 g/mol. The highest BCUT2D eigenvalue weighted by Gasteiger charge is 2.08. The molecule has 1 atom stereocenters. The summed E-state index contributed by atoms with van der Waals surface area (Å²) in [6.45, 7) is 2.05. The molecule has 1 aromatic heterocycles. The Morgan fingerprint density at radius 3 is 2.90 bits per heavy atom. The molecule has 10 heavy (non-hydrogen) atoms. The number of hydrogen-bond acceptors (Lipinski definition) is 2. The van der Waals surface area contributed by atoms with Crippen molar-refractivity contribution in [2.45, 2.75) is 19.4 Å². The van der Waals surface area contributed by atoms with Crippen LogP contribution < -0.4 is 5.73 Å². The zero-order valence-corrected chi connectivity index (χ0v) is 7.39. The van der Waals surface area contributed by atoms with Crippen LogP contribution in [0.25, 0.3) is 0 Å². The van der Waals surface area contributed by atoms with Crippen molar-refractivity contribution in [1.29, 1.82) is 0 Å². The standard InChI is InChI=1S/C7H10BrNO/c1-2-6(9)5-3-4-10-7(5)8/h3-4,6H,2,9H2,1H3. The molecule has 2 nitrogen and oxygen atoms in total. The van der Waals surface area contributed by atoms with Gasteiger partial charge in [0.1, 0.15) is 0 Å². The van der Waals surface area contributed by atoms with E-state index in [2.05, 4.69) is 15.9 Å². The summed E-state index contributed by atoms with van der Waals surface area (Å²) in [5.74, 6) is 0. The minimum Gasteiger partial charge on any atom is -0.457 e. The second-order valence-corrected chi connectivity index (χ2v) is 2.88. The molecule has 0 saturated heterocycles. The van der Waals surface area contributed by atoms with E-state index in [-0.39, 0.29) is 6.04 Å². The van der Waals surface area contributed by atoms with Gasteiger partial charge in [-0.1, -0.05) is 6.92 Å². The quantitative estimate of drug-likeness (QED) is 0.803. The predicted molar refractivity (Wildman–Crippen MR) is 43.6 cm³/mol. The first-order chi connectivity index (χ1) is 4.75. The molecule has 0 spiro atoms. The van der Waals surface area contributed by atoms with Crippen LogP contribution in [0.5, 0.6) is 0 Å². The Bertz CT molecular complexity index is 209. The lowest BCUT2D eigenvalue weighted by Gasteiger charge is -2.04. The van der Waals surface area contributed by atoms with Gasteiger partial charge in [-0.05, 0) is 28.4 Å². The normalized spacial score (nSPS) is 13.5. The van der Waals surface area contributed by atoms with Gasteiger partial charge in [0, 0.05) is 11.6 Å². The van der Waals surface area contributed by atoms with Gasteiger partial charge < -0.3 is 10.2 Å². The van der Waals surface area contributed by atoms with Crippen LogP contribution in [-0.4, -0.2) is 0 Å². The Kier molecular flexibility index (Phi) is 2.51. The zero-order valence-electron chi connectivity index (χ0n) is 5.80. The number of rotatable bonds is 2. The molecule has 0 aliphatic heterocycles. The average molecular weight is 204 g/mol. The summed E-state index contributed by atoms with van der Waals surface area (Å²) in [7, 11) is 0. The van der Waals surface area contributed by atoms with Crippen molar-refractivity contribution in [3.63, 3.8) is 0 Å². The molecule has 56 valence electrons. The van der Waals surface area contributed by atoms with Crippen LogP contribution in [0, 0.1) is 0 Å². The van der Waals surface area contributed by atoms with E-state index in [4.69, 9.17) is 10.2 Å². The summed E-state index contributed by atoms with van der Waals surface area (Å²) in [6.07, 6.45) is 2.56. The second kappa shape index (κ2) is 3.21. The highest BCUT2D eigenvalue weighted by Crippen LogP contribution is 2.24. The van der Waals surface area contributed by atoms with Crippen LogP contribution in [0.1, 0.15) is 24.9 Å². The van der Waals surface area contributed by atoms with Gasteiger partial charge in [0.25, 0.3) is 0 Å². The van der Waals surface area contributed by atoms with E-state index < -0.39 is 0 Å². The Labute approximate surface area is 68.5 Å². The van der Waals surface area contributed by atoms with E-state index in [1.54, 1.807) is 6.26 Å². The highest BCUT2D eigenvalue weighted by atomic mass is 79.9. The predicted octanol–water partition coefficient (Wildman–Crippen LogP) is 2.45. The molecular formula is C7H10BrNO. The third-order valence-electron chi connectivity index (χ3n) is 1.49. The van der Waals surface area contributed by atoms with Gasteiger partial charge in [0.15, 0.2) is 4.67 Å². The largest absolute Gasteiger partial charge is 0.457 e. The third-order valence-corrected chi connectivity index (χ3v) is 2.13. The fraction of sp³-hybridized carbons (Fsp3) is 0.429. The van der Waals surface area contributed by atoms with Gasteiger partial charge >= 0.3 is 0 Å². The van der Waals surface area contributed by atoms with E-state index in [1.165, 1.54) is 0 Å². The topological polar surface area (TPSA) is 39.2 Å². The fourth-order valence-corrected chi connectivity index (χ4v) is 1.32. The lowest BCUT2D eigenvalue weighted by molar-refractivity contribution is 0.530. The van der Waals surface area contributed by atoms with Crippen LogP contribution in [0.4, 0.5) is 0 Å². The summed E-state index contributed by atoms with van der Waals surface area (Å²) >= 11 is 3.26. The van der Waals surface area contributed by atoms with Crippen molar-refractivity contribution in [2.75, 3.05) is 0 Å². The molecule has 0 aliphatic rings. The van der Waals surface area contributed by atoms with Crippen molar-refractivity contribution in [3.05, 3.63) is 22.6 Å². The maximum Gasteiger partial charge on any atom is 0.173 e. The van der Waals surface area contributed by atoms with Crippen molar-refractivity contribution in [3.8, 4) is 0 Å². The van der Waals surface area contributed by atoms with Gasteiger partial charge in [0.2, 0.25) is 0 Å². The Hall–Kier alpha value is -0.280. The maximum absolute atomic E-state index is 5.75.